The average Bonchev–Trinajstić information content (AvgIpc) is 2.88. The fraction of sp³-hybridized carbons (Fsp3) is 0.357. The molecular formula is C28H32N2O5. The molecule has 0 bridgehead atoms. The number of amides is 1. The number of benzene rings is 2. The van der Waals surface area contributed by atoms with Crippen LogP contribution in [0.2, 0.25) is 0 Å². The third-order valence-corrected chi connectivity index (χ3v) is 6.44. The van der Waals surface area contributed by atoms with E-state index in [2.05, 4.69) is 24.3 Å². The van der Waals surface area contributed by atoms with Crippen molar-refractivity contribution in [2.45, 2.75) is 31.7 Å². The Labute approximate surface area is 205 Å². The number of fused-ring (bicyclic) bond motifs is 1. The lowest BCUT2D eigenvalue weighted by molar-refractivity contribution is 0.0579. The van der Waals surface area contributed by atoms with Crippen LogP contribution in [0.15, 0.2) is 71.7 Å². The van der Waals surface area contributed by atoms with Crippen molar-refractivity contribution < 1.29 is 19.4 Å². The summed E-state index contributed by atoms with van der Waals surface area (Å²) >= 11 is 0. The number of ether oxygens (including phenoxy) is 2. The minimum absolute atomic E-state index is 0.0876. The molecule has 0 saturated heterocycles. The lowest BCUT2D eigenvalue weighted by atomic mass is 9.83. The molecule has 2 heterocycles. The van der Waals surface area contributed by atoms with Gasteiger partial charge in [0.15, 0.2) is 17.2 Å². The number of methoxy groups -OCH3 is 1. The second-order valence-electron chi connectivity index (χ2n) is 8.74. The summed E-state index contributed by atoms with van der Waals surface area (Å²) < 4.78 is 12.9. The summed E-state index contributed by atoms with van der Waals surface area (Å²) in [7, 11) is 1.60. The number of aromatic nitrogens is 1. The highest BCUT2D eigenvalue weighted by atomic mass is 16.5. The molecule has 1 aliphatic heterocycles. The number of carbonyl (C=O) groups is 1. The molecule has 35 heavy (non-hydrogen) atoms. The van der Waals surface area contributed by atoms with Crippen molar-refractivity contribution in [2.24, 2.45) is 0 Å². The summed E-state index contributed by atoms with van der Waals surface area (Å²) in [4.78, 5) is 28.3. The third kappa shape index (κ3) is 5.10. The Bertz CT molecular complexity index is 1150. The first-order chi connectivity index (χ1) is 17.1. The van der Waals surface area contributed by atoms with Crippen LogP contribution >= 0.6 is 0 Å². The number of unbranched alkanes of at least 4 members (excludes halogenated alkanes) is 1. The molecule has 7 nitrogen and oxygen atoms in total. The SMILES string of the molecule is CCCCOc1c2n(cc(O)c1=O)[C@@H](C(c1ccccc1)c1ccccc1)CN(CCOC)C2=O. The first-order valence-electron chi connectivity index (χ1n) is 12.1. The van der Waals surface area contributed by atoms with Crippen molar-refractivity contribution in [3.63, 3.8) is 0 Å². The average molecular weight is 477 g/mol. The number of rotatable bonds is 10. The zero-order valence-electron chi connectivity index (χ0n) is 20.2. The van der Waals surface area contributed by atoms with Gasteiger partial charge in [-0.15, -0.1) is 0 Å². The number of aromatic hydroxyl groups is 1. The molecule has 1 aromatic heterocycles. The summed E-state index contributed by atoms with van der Waals surface area (Å²) in [6.07, 6.45) is 3.00. The fourth-order valence-electron chi connectivity index (χ4n) is 4.68. The maximum absolute atomic E-state index is 13.6. The molecule has 3 aromatic rings. The van der Waals surface area contributed by atoms with Crippen LogP contribution in [0.1, 0.15) is 53.3 Å². The van der Waals surface area contributed by atoms with E-state index in [9.17, 15) is 14.7 Å². The number of hydrogen-bond acceptors (Lipinski definition) is 5. The molecule has 0 spiro atoms. The van der Waals surface area contributed by atoms with Gasteiger partial charge >= 0.3 is 0 Å². The lowest BCUT2D eigenvalue weighted by Gasteiger charge is -2.40. The summed E-state index contributed by atoms with van der Waals surface area (Å²) in [5.41, 5.74) is 1.65. The smallest absolute Gasteiger partial charge is 0.274 e. The van der Waals surface area contributed by atoms with E-state index in [1.54, 1.807) is 16.6 Å². The molecule has 0 saturated carbocycles. The van der Waals surface area contributed by atoms with Crippen molar-refractivity contribution in [1.82, 2.24) is 9.47 Å². The molecule has 4 rings (SSSR count). The highest BCUT2D eigenvalue weighted by Gasteiger charge is 2.39. The van der Waals surface area contributed by atoms with Crippen molar-refractivity contribution in [2.75, 3.05) is 33.4 Å². The Morgan fingerprint density at radius 1 is 1.00 bits per heavy atom. The van der Waals surface area contributed by atoms with Crippen LogP contribution in [0.3, 0.4) is 0 Å². The van der Waals surface area contributed by atoms with Gasteiger partial charge in [-0.2, -0.15) is 0 Å². The normalized spacial score (nSPS) is 15.3. The first kappa shape index (κ1) is 24.5. The van der Waals surface area contributed by atoms with Crippen molar-refractivity contribution >= 4 is 5.91 Å². The molecule has 1 atom stereocenters. The van der Waals surface area contributed by atoms with Crippen LogP contribution in [0, 0.1) is 0 Å². The molecular weight excluding hydrogens is 444 g/mol. The molecule has 1 amide bonds. The van der Waals surface area contributed by atoms with Crippen molar-refractivity contribution in [3.05, 3.63) is 93.9 Å². The monoisotopic (exact) mass is 476 g/mol. The van der Waals surface area contributed by atoms with E-state index in [4.69, 9.17) is 9.47 Å². The zero-order chi connectivity index (χ0) is 24.8. The topological polar surface area (TPSA) is 81.0 Å². The maximum Gasteiger partial charge on any atom is 0.274 e. The van der Waals surface area contributed by atoms with Gasteiger partial charge in [0.2, 0.25) is 0 Å². The van der Waals surface area contributed by atoms with Crippen LogP contribution in [-0.4, -0.2) is 53.9 Å². The standard InChI is InChI=1S/C28H32N2O5/c1-3-4-16-35-27-25-28(33)29(15-17-34-2)18-22(30(25)19-23(31)26(27)32)24(20-11-7-5-8-12-20)21-13-9-6-10-14-21/h5-14,19,22,24,31H,3-4,15-18H2,1-2H3/t22-/m1/s1. The van der Waals surface area contributed by atoms with Crippen molar-refractivity contribution in [1.29, 1.82) is 0 Å². The van der Waals surface area contributed by atoms with Gasteiger partial charge in [-0.3, -0.25) is 9.59 Å². The van der Waals surface area contributed by atoms with Gasteiger partial charge < -0.3 is 24.0 Å². The van der Waals surface area contributed by atoms with Crippen LogP contribution < -0.4 is 10.2 Å². The Balaban J connectivity index is 1.92. The predicted octanol–water partition coefficient (Wildman–Crippen LogP) is 4.21. The molecule has 2 aromatic carbocycles. The second kappa shape index (κ2) is 11.2. The number of carbonyl (C=O) groups excluding carboxylic acids is 1. The Kier molecular flexibility index (Phi) is 7.87. The number of nitrogens with zero attached hydrogens (tertiary/aromatic N) is 2. The Hall–Kier alpha value is -3.58. The molecule has 0 aliphatic carbocycles. The van der Waals surface area contributed by atoms with Gasteiger partial charge in [0.25, 0.3) is 11.3 Å². The van der Waals surface area contributed by atoms with E-state index < -0.39 is 11.2 Å². The molecule has 0 radical (unpaired) electrons. The lowest BCUT2D eigenvalue weighted by Crippen LogP contribution is -2.47. The van der Waals surface area contributed by atoms with E-state index in [0.717, 1.165) is 24.0 Å². The third-order valence-electron chi connectivity index (χ3n) is 6.44. The molecule has 1 aliphatic rings. The number of hydrogen-bond donors (Lipinski definition) is 1. The summed E-state index contributed by atoms with van der Waals surface area (Å²) in [5.74, 6) is -0.958. The van der Waals surface area contributed by atoms with Gasteiger partial charge in [0.1, 0.15) is 0 Å². The fourth-order valence-corrected chi connectivity index (χ4v) is 4.68. The highest BCUT2D eigenvalue weighted by Crippen LogP contribution is 2.40. The van der Waals surface area contributed by atoms with E-state index in [1.165, 1.54) is 6.20 Å². The van der Waals surface area contributed by atoms with Crippen molar-refractivity contribution in [3.8, 4) is 11.5 Å². The van der Waals surface area contributed by atoms with Crippen LogP contribution in [-0.2, 0) is 4.74 Å². The van der Waals surface area contributed by atoms with E-state index >= 15 is 0 Å². The van der Waals surface area contributed by atoms with E-state index in [1.807, 2.05) is 43.3 Å². The van der Waals surface area contributed by atoms with Gasteiger partial charge in [-0.05, 0) is 17.5 Å². The van der Waals surface area contributed by atoms with Gasteiger partial charge in [-0.25, -0.2) is 0 Å². The predicted molar refractivity (Wildman–Crippen MR) is 134 cm³/mol. The van der Waals surface area contributed by atoms with Crippen LogP contribution in [0.25, 0.3) is 0 Å². The largest absolute Gasteiger partial charge is 0.503 e. The van der Waals surface area contributed by atoms with Crippen LogP contribution in [0.4, 0.5) is 0 Å². The van der Waals surface area contributed by atoms with Gasteiger partial charge in [-0.1, -0.05) is 74.0 Å². The van der Waals surface area contributed by atoms with Gasteiger partial charge in [0.05, 0.1) is 25.5 Å². The summed E-state index contributed by atoms with van der Waals surface area (Å²) in [5, 5.41) is 10.6. The van der Waals surface area contributed by atoms with Gasteiger partial charge in [0, 0.05) is 26.1 Å². The maximum atomic E-state index is 13.6. The molecule has 1 N–H and O–H groups in total. The summed E-state index contributed by atoms with van der Waals surface area (Å²) in [6, 6.07) is 19.9. The Morgan fingerprint density at radius 3 is 2.20 bits per heavy atom. The zero-order valence-corrected chi connectivity index (χ0v) is 20.2. The summed E-state index contributed by atoms with van der Waals surface area (Å²) in [6.45, 7) is 3.45. The molecule has 184 valence electrons. The molecule has 7 heteroatoms. The molecule has 0 fully saturated rings. The number of pyridine rings is 1. The Morgan fingerprint density at radius 2 is 1.63 bits per heavy atom. The highest BCUT2D eigenvalue weighted by molar-refractivity contribution is 5.96. The minimum atomic E-state index is -0.663. The minimum Gasteiger partial charge on any atom is -0.503 e. The first-order valence-corrected chi connectivity index (χ1v) is 12.1. The van der Waals surface area contributed by atoms with Crippen LogP contribution in [0.5, 0.6) is 11.5 Å². The van der Waals surface area contributed by atoms with E-state index in [0.29, 0.717) is 26.3 Å². The second-order valence-corrected chi connectivity index (χ2v) is 8.74. The molecule has 0 unspecified atom stereocenters. The quantitative estimate of drug-likeness (QED) is 0.444. The van der Waals surface area contributed by atoms with E-state index in [-0.39, 0.29) is 29.3 Å².